The first-order valence-electron chi connectivity index (χ1n) is 6.35. The van der Waals surface area contributed by atoms with E-state index in [0.29, 0.717) is 13.2 Å². The summed E-state index contributed by atoms with van der Waals surface area (Å²) in [5.41, 5.74) is 1.06. The van der Waals surface area contributed by atoms with Gasteiger partial charge in [0.25, 0.3) is 0 Å². The maximum Gasteiger partial charge on any atom is 0.165 e. The quantitative estimate of drug-likeness (QED) is 0.742. The molecule has 1 rings (SSSR count). The van der Waals surface area contributed by atoms with Gasteiger partial charge in [-0.3, -0.25) is 0 Å². The van der Waals surface area contributed by atoms with Gasteiger partial charge in [-0.1, -0.05) is 19.1 Å². The van der Waals surface area contributed by atoms with Crippen molar-refractivity contribution in [1.29, 1.82) is 0 Å². The van der Waals surface area contributed by atoms with Crippen LogP contribution in [0.15, 0.2) is 18.2 Å². The summed E-state index contributed by atoms with van der Waals surface area (Å²) in [5.74, 6) is 1.64. The molecule has 4 nitrogen and oxygen atoms in total. The Hall–Kier alpha value is -1.26. The summed E-state index contributed by atoms with van der Waals surface area (Å²) in [6, 6.07) is 5.87. The van der Waals surface area contributed by atoms with E-state index in [9.17, 15) is 0 Å². The lowest BCUT2D eigenvalue weighted by Gasteiger charge is -2.17. The zero-order valence-corrected chi connectivity index (χ0v) is 11.4. The molecule has 0 saturated carbocycles. The molecule has 1 atom stereocenters. The zero-order chi connectivity index (χ0) is 13.4. The number of hydrogen-bond donors (Lipinski definition) is 2. The first-order chi connectivity index (χ1) is 8.72. The van der Waals surface area contributed by atoms with Crippen molar-refractivity contribution in [2.45, 2.75) is 20.4 Å². The van der Waals surface area contributed by atoms with Crippen LogP contribution in [0.2, 0.25) is 0 Å². The summed E-state index contributed by atoms with van der Waals surface area (Å²) in [4.78, 5) is 0. The monoisotopic (exact) mass is 253 g/mol. The van der Waals surface area contributed by atoms with Gasteiger partial charge in [0.15, 0.2) is 11.5 Å². The lowest BCUT2D eigenvalue weighted by atomic mass is 10.1. The van der Waals surface area contributed by atoms with Crippen LogP contribution in [0.25, 0.3) is 0 Å². The Morgan fingerprint density at radius 1 is 1.33 bits per heavy atom. The topological polar surface area (TPSA) is 50.7 Å². The first kappa shape index (κ1) is 14.8. The summed E-state index contributed by atoms with van der Waals surface area (Å²) >= 11 is 0. The molecular weight excluding hydrogens is 230 g/mol. The minimum atomic E-state index is 0.113. The molecule has 0 fully saturated rings. The molecule has 0 bridgehead atoms. The Balaban J connectivity index is 2.87. The van der Waals surface area contributed by atoms with Gasteiger partial charge in [0.1, 0.15) is 0 Å². The molecule has 1 aromatic carbocycles. The number of para-hydroxylation sites is 1. The molecule has 0 aliphatic heterocycles. The fourth-order valence-corrected chi connectivity index (χ4v) is 1.60. The van der Waals surface area contributed by atoms with E-state index in [1.807, 2.05) is 39.1 Å². The van der Waals surface area contributed by atoms with Gasteiger partial charge in [0, 0.05) is 24.6 Å². The second-order valence-electron chi connectivity index (χ2n) is 4.31. The average Bonchev–Trinajstić information content (AvgIpc) is 2.38. The summed E-state index contributed by atoms with van der Waals surface area (Å²) in [7, 11) is 1.90. The van der Waals surface area contributed by atoms with Gasteiger partial charge >= 0.3 is 0 Å². The zero-order valence-electron chi connectivity index (χ0n) is 11.4. The van der Waals surface area contributed by atoms with Crippen molar-refractivity contribution >= 4 is 0 Å². The molecule has 0 aromatic heterocycles. The average molecular weight is 253 g/mol. The van der Waals surface area contributed by atoms with E-state index in [1.165, 1.54) is 0 Å². The normalized spacial score (nSPS) is 12.2. The van der Waals surface area contributed by atoms with Gasteiger partial charge < -0.3 is 19.9 Å². The van der Waals surface area contributed by atoms with E-state index in [2.05, 4.69) is 5.32 Å². The molecule has 102 valence electrons. The molecular formula is C14H23NO3. The van der Waals surface area contributed by atoms with Crippen LogP contribution >= 0.6 is 0 Å². The standard InChI is InChI=1S/C14H23NO3/c1-4-17-13-7-5-6-12(8-15-3)14(13)18-10-11(2)9-16/h5-7,11,15-16H,4,8-10H2,1-3H3. The molecule has 0 heterocycles. The van der Waals surface area contributed by atoms with Gasteiger partial charge in [0.2, 0.25) is 0 Å². The predicted octanol–water partition coefficient (Wildman–Crippen LogP) is 1.81. The third-order valence-electron chi connectivity index (χ3n) is 2.55. The number of aliphatic hydroxyl groups excluding tert-OH is 1. The van der Waals surface area contributed by atoms with Gasteiger partial charge in [-0.15, -0.1) is 0 Å². The summed E-state index contributed by atoms with van der Waals surface area (Å²) in [5, 5.41) is 12.1. The number of ether oxygens (including phenoxy) is 2. The van der Waals surface area contributed by atoms with Crippen molar-refractivity contribution in [2.75, 3.05) is 26.9 Å². The van der Waals surface area contributed by atoms with Crippen molar-refractivity contribution in [3.8, 4) is 11.5 Å². The number of nitrogens with one attached hydrogen (secondary N) is 1. The fourth-order valence-electron chi connectivity index (χ4n) is 1.60. The molecule has 0 aliphatic carbocycles. The summed E-state index contributed by atoms with van der Waals surface area (Å²) in [6.45, 7) is 5.83. The highest BCUT2D eigenvalue weighted by atomic mass is 16.5. The molecule has 0 saturated heterocycles. The smallest absolute Gasteiger partial charge is 0.165 e. The van der Waals surface area contributed by atoms with Crippen molar-refractivity contribution in [1.82, 2.24) is 5.32 Å². The summed E-state index contributed by atoms with van der Waals surface area (Å²) in [6.07, 6.45) is 0. The maximum atomic E-state index is 9.03. The Bertz CT molecular complexity index is 331. The number of rotatable bonds is 8. The van der Waals surface area contributed by atoms with Gasteiger partial charge in [0.05, 0.1) is 13.2 Å². The molecule has 0 radical (unpaired) electrons. The van der Waals surface area contributed by atoms with E-state index in [-0.39, 0.29) is 12.5 Å². The highest BCUT2D eigenvalue weighted by molar-refractivity contribution is 5.46. The number of aliphatic hydroxyl groups is 1. The Morgan fingerprint density at radius 2 is 2.11 bits per heavy atom. The van der Waals surface area contributed by atoms with Crippen LogP contribution in [0.4, 0.5) is 0 Å². The Morgan fingerprint density at radius 3 is 2.72 bits per heavy atom. The van der Waals surface area contributed by atoms with E-state index in [4.69, 9.17) is 14.6 Å². The largest absolute Gasteiger partial charge is 0.490 e. The second kappa shape index (κ2) is 7.95. The molecule has 0 amide bonds. The lowest BCUT2D eigenvalue weighted by Crippen LogP contribution is -2.15. The van der Waals surface area contributed by atoms with E-state index < -0.39 is 0 Å². The van der Waals surface area contributed by atoms with Gasteiger partial charge in [-0.2, -0.15) is 0 Å². The van der Waals surface area contributed by atoms with Crippen LogP contribution in [-0.4, -0.2) is 32.0 Å². The number of benzene rings is 1. The van der Waals surface area contributed by atoms with Crippen molar-refractivity contribution in [2.24, 2.45) is 5.92 Å². The van der Waals surface area contributed by atoms with Crippen LogP contribution in [0.3, 0.4) is 0 Å². The maximum absolute atomic E-state index is 9.03. The predicted molar refractivity (Wildman–Crippen MR) is 72.1 cm³/mol. The molecule has 0 spiro atoms. The highest BCUT2D eigenvalue weighted by Crippen LogP contribution is 2.31. The first-order valence-corrected chi connectivity index (χ1v) is 6.35. The summed E-state index contributed by atoms with van der Waals surface area (Å²) < 4.78 is 11.4. The van der Waals surface area contributed by atoms with E-state index in [1.54, 1.807) is 0 Å². The van der Waals surface area contributed by atoms with E-state index in [0.717, 1.165) is 23.6 Å². The SMILES string of the molecule is CCOc1cccc(CNC)c1OCC(C)CO. The van der Waals surface area contributed by atoms with Crippen molar-refractivity contribution in [3.05, 3.63) is 23.8 Å². The molecule has 4 heteroatoms. The van der Waals surface area contributed by atoms with Gasteiger partial charge in [-0.25, -0.2) is 0 Å². The van der Waals surface area contributed by atoms with Crippen molar-refractivity contribution < 1.29 is 14.6 Å². The van der Waals surface area contributed by atoms with Crippen molar-refractivity contribution in [3.63, 3.8) is 0 Å². The van der Waals surface area contributed by atoms with Crippen LogP contribution in [0, 0.1) is 5.92 Å². The lowest BCUT2D eigenvalue weighted by molar-refractivity contribution is 0.169. The van der Waals surface area contributed by atoms with Gasteiger partial charge in [-0.05, 0) is 20.0 Å². The van der Waals surface area contributed by atoms with Crippen LogP contribution in [0.5, 0.6) is 11.5 Å². The highest BCUT2D eigenvalue weighted by Gasteiger charge is 2.12. The fraction of sp³-hybridized carbons (Fsp3) is 0.571. The Labute approximate surface area is 109 Å². The third-order valence-corrected chi connectivity index (χ3v) is 2.55. The minimum Gasteiger partial charge on any atom is -0.490 e. The molecule has 18 heavy (non-hydrogen) atoms. The second-order valence-corrected chi connectivity index (χ2v) is 4.31. The molecule has 0 aliphatic rings. The van der Waals surface area contributed by atoms with Crippen LogP contribution in [0.1, 0.15) is 19.4 Å². The third kappa shape index (κ3) is 4.20. The molecule has 1 unspecified atom stereocenters. The van der Waals surface area contributed by atoms with Crippen LogP contribution < -0.4 is 14.8 Å². The van der Waals surface area contributed by atoms with Crippen LogP contribution in [-0.2, 0) is 6.54 Å². The molecule has 2 N–H and O–H groups in total. The number of hydrogen-bond acceptors (Lipinski definition) is 4. The van der Waals surface area contributed by atoms with E-state index >= 15 is 0 Å². The molecule has 1 aromatic rings. The minimum absolute atomic E-state index is 0.113. The Kier molecular flexibility index (Phi) is 6.54.